The van der Waals surface area contributed by atoms with Crippen LogP contribution in [0.2, 0.25) is 0 Å². The lowest BCUT2D eigenvalue weighted by atomic mass is 9.70. The van der Waals surface area contributed by atoms with E-state index in [1.54, 1.807) is 0 Å². The van der Waals surface area contributed by atoms with Crippen LogP contribution in [-0.4, -0.2) is 36.6 Å². The molecule has 1 aliphatic carbocycles. The molecule has 3 rings (SSSR count). The van der Waals surface area contributed by atoms with Gasteiger partial charge in [-0.15, -0.1) is 0 Å². The number of hydrogen-bond donors (Lipinski definition) is 1. The van der Waals surface area contributed by atoms with Gasteiger partial charge in [0, 0.05) is 25.2 Å². The molecule has 3 fully saturated rings. The highest BCUT2D eigenvalue weighted by molar-refractivity contribution is 4.96. The van der Waals surface area contributed by atoms with E-state index in [0.29, 0.717) is 5.41 Å². The van der Waals surface area contributed by atoms with Gasteiger partial charge in [-0.25, -0.2) is 0 Å². The normalized spacial score (nSPS) is 38.1. The molecule has 1 N–H and O–H groups in total. The van der Waals surface area contributed by atoms with E-state index in [1.807, 2.05) is 0 Å². The summed E-state index contributed by atoms with van der Waals surface area (Å²) in [6.45, 7) is 6.43. The Labute approximate surface area is 99.8 Å². The smallest absolute Gasteiger partial charge is 0.0249 e. The molecule has 0 amide bonds. The lowest BCUT2D eigenvalue weighted by Gasteiger charge is -2.40. The van der Waals surface area contributed by atoms with Crippen molar-refractivity contribution in [2.24, 2.45) is 5.41 Å². The van der Waals surface area contributed by atoms with E-state index < -0.39 is 0 Å². The van der Waals surface area contributed by atoms with Gasteiger partial charge in [0.05, 0.1) is 0 Å². The Balaban J connectivity index is 1.51. The summed E-state index contributed by atoms with van der Waals surface area (Å²) in [5.41, 5.74) is 0.641. The average molecular weight is 222 g/mol. The van der Waals surface area contributed by atoms with Crippen molar-refractivity contribution in [2.45, 2.75) is 64.0 Å². The van der Waals surface area contributed by atoms with Crippen molar-refractivity contribution in [2.75, 3.05) is 19.6 Å². The molecular weight excluding hydrogens is 196 g/mol. The summed E-state index contributed by atoms with van der Waals surface area (Å²) in [5.74, 6) is 0. The van der Waals surface area contributed by atoms with Crippen LogP contribution in [0.3, 0.4) is 0 Å². The fraction of sp³-hybridized carbons (Fsp3) is 1.00. The molecule has 2 aliphatic heterocycles. The molecule has 0 radical (unpaired) electrons. The summed E-state index contributed by atoms with van der Waals surface area (Å²) in [4.78, 5) is 2.73. The van der Waals surface area contributed by atoms with Crippen molar-refractivity contribution >= 4 is 0 Å². The molecule has 0 spiro atoms. The average Bonchev–Trinajstić information content (AvgIpc) is 2.67. The molecule has 2 unspecified atom stereocenters. The Bertz CT molecular complexity index is 247. The van der Waals surface area contributed by atoms with Crippen molar-refractivity contribution in [3.8, 4) is 0 Å². The predicted molar refractivity (Wildman–Crippen MR) is 67.6 cm³/mol. The van der Waals surface area contributed by atoms with Gasteiger partial charge in [-0.05, 0) is 44.1 Å². The first kappa shape index (κ1) is 11.0. The second-order valence-electron chi connectivity index (χ2n) is 6.54. The Morgan fingerprint density at radius 1 is 1.12 bits per heavy atom. The molecule has 92 valence electrons. The number of piperidine rings is 1. The second kappa shape index (κ2) is 4.30. The van der Waals surface area contributed by atoms with Gasteiger partial charge >= 0.3 is 0 Å². The van der Waals surface area contributed by atoms with Crippen LogP contribution in [0.5, 0.6) is 0 Å². The summed E-state index contributed by atoms with van der Waals surface area (Å²) >= 11 is 0. The van der Waals surface area contributed by atoms with Gasteiger partial charge in [-0.3, -0.25) is 4.90 Å². The van der Waals surface area contributed by atoms with E-state index in [0.717, 1.165) is 12.1 Å². The maximum Gasteiger partial charge on any atom is 0.0249 e. The van der Waals surface area contributed by atoms with Gasteiger partial charge in [0.25, 0.3) is 0 Å². The minimum atomic E-state index is 0.641. The minimum Gasteiger partial charge on any atom is -0.312 e. The minimum absolute atomic E-state index is 0.641. The van der Waals surface area contributed by atoms with Crippen LogP contribution in [0.4, 0.5) is 0 Å². The highest BCUT2D eigenvalue weighted by atomic mass is 15.2. The van der Waals surface area contributed by atoms with Gasteiger partial charge in [-0.2, -0.15) is 0 Å². The fourth-order valence-electron chi connectivity index (χ4n) is 3.82. The van der Waals surface area contributed by atoms with E-state index in [1.165, 1.54) is 64.6 Å². The van der Waals surface area contributed by atoms with Gasteiger partial charge in [0.15, 0.2) is 0 Å². The molecule has 2 nitrogen and oxygen atoms in total. The third-order valence-electron chi connectivity index (χ3n) is 5.21. The summed E-state index contributed by atoms with van der Waals surface area (Å²) in [7, 11) is 0. The monoisotopic (exact) mass is 222 g/mol. The number of rotatable bonds is 3. The largest absolute Gasteiger partial charge is 0.312 e. The third kappa shape index (κ3) is 2.02. The van der Waals surface area contributed by atoms with Gasteiger partial charge in [-0.1, -0.05) is 19.8 Å². The molecule has 16 heavy (non-hydrogen) atoms. The Hall–Kier alpha value is -0.0800. The zero-order valence-electron chi connectivity index (χ0n) is 10.7. The first-order valence-electron chi connectivity index (χ1n) is 7.24. The molecular formula is C14H26N2. The van der Waals surface area contributed by atoms with Crippen LogP contribution in [0, 0.1) is 5.41 Å². The highest BCUT2D eigenvalue weighted by Gasteiger charge is 2.37. The number of fused-ring (bicyclic) bond motifs is 1. The molecule has 1 saturated carbocycles. The highest BCUT2D eigenvalue weighted by Crippen LogP contribution is 2.40. The van der Waals surface area contributed by atoms with Gasteiger partial charge in [0.1, 0.15) is 0 Å². The Morgan fingerprint density at radius 3 is 2.75 bits per heavy atom. The number of hydrogen-bond acceptors (Lipinski definition) is 2. The molecule has 2 atom stereocenters. The molecule has 2 saturated heterocycles. The standard InChI is InChI=1S/C14H26N2/c1-14(7-4-8-14)11-15-12-6-10-16-9-3-2-5-13(12)16/h12-13,15H,2-11H2,1H3. The van der Waals surface area contributed by atoms with Crippen LogP contribution >= 0.6 is 0 Å². The van der Waals surface area contributed by atoms with E-state index in [2.05, 4.69) is 17.1 Å². The first-order chi connectivity index (χ1) is 7.77. The summed E-state index contributed by atoms with van der Waals surface area (Å²) in [6.07, 6.45) is 10.1. The lowest BCUT2D eigenvalue weighted by Crippen LogP contribution is -2.48. The van der Waals surface area contributed by atoms with Crippen LogP contribution in [-0.2, 0) is 0 Å². The molecule has 0 bridgehead atoms. The molecule has 0 aromatic rings. The van der Waals surface area contributed by atoms with E-state index in [-0.39, 0.29) is 0 Å². The van der Waals surface area contributed by atoms with E-state index in [9.17, 15) is 0 Å². The predicted octanol–water partition coefficient (Wildman–Crippen LogP) is 2.39. The molecule has 2 heteroatoms. The van der Waals surface area contributed by atoms with Crippen LogP contribution in [0.1, 0.15) is 51.9 Å². The lowest BCUT2D eigenvalue weighted by molar-refractivity contribution is 0.135. The van der Waals surface area contributed by atoms with E-state index >= 15 is 0 Å². The van der Waals surface area contributed by atoms with Gasteiger partial charge < -0.3 is 5.32 Å². The first-order valence-corrected chi connectivity index (χ1v) is 7.24. The summed E-state index contributed by atoms with van der Waals surface area (Å²) in [6, 6.07) is 1.68. The zero-order valence-corrected chi connectivity index (χ0v) is 10.7. The quantitative estimate of drug-likeness (QED) is 0.789. The summed E-state index contributed by atoms with van der Waals surface area (Å²) < 4.78 is 0. The number of nitrogens with zero attached hydrogens (tertiary/aromatic N) is 1. The molecule has 2 heterocycles. The third-order valence-corrected chi connectivity index (χ3v) is 5.21. The number of nitrogens with one attached hydrogen (secondary N) is 1. The van der Waals surface area contributed by atoms with Crippen molar-refractivity contribution in [3.05, 3.63) is 0 Å². The molecule has 0 aromatic heterocycles. The molecule has 3 aliphatic rings. The Morgan fingerprint density at radius 2 is 2.00 bits per heavy atom. The molecule has 0 aromatic carbocycles. The summed E-state index contributed by atoms with van der Waals surface area (Å²) in [5, 5.41) is 3.88. The second-order valence-corrected chi connectivity index (χ2v) is 6.54. The Kier molecular flexibility index (Phi) is 2.97. The maximum atomic E-state index is 3.88. The fourth-order valence-corrected chi connectivity index (χ4v) is 3.82. The van der Waals surface area contributed by atoms with Gasteiger partial charge in [0.2, 0.25) is 0 Å². The van der Waals surface area contributed by atoms with Crippen molar-refractivity contribution in [3.63, 3.8) is 0 Å². The SMILES string of the molecule is CC1(CNC2CCN3CCCCC23)CCC1. The topological polar surface area (TPSA) is 15.3 Å². The maximum absolute atomic E-state index is 3.88. The van der Waals surface area contributed by atoms with Crippen molar-refractivity contribution in [1.29, 1.82) is 0 Å². The van der Waals surface area contributed by atoms with Crippen LogP contribution < -0.4 is 5.32 Å². The zero-order chi connectivity index (χ0) is 11.0. The van der Waals surface area contributed by atoms with Crippen LogP contribution in [0.15, 0.2) is 0 Å². The van der Waals surface area contributed by atoms with Crippen LogP contribution in [0.25, 0.3) is 0 Å². The van der Waals surface area contributed by atoms with E-state index in [4.69, 9.17) is 0 Å². The van der Waals surface area contributed by atoms with Crippen molar-refractivity contribution in [1.82, 2.24) is 10.2 Å². The van der Waals surface area contributed by atoms with Crippen molar-refractivity contribution < 1.29 is 0 Å².